The van der Waals surface area contributed by atoms with Gasteiger partial charge in [0.1, 0.15) is 6.10 Å². The third kappa shape index (κ3) is 3.40. The molecule has 0 bridgehead atoms. The Morgan fingerprint density at radius 3 is 2.75 bits per heavy atom. The molecule has 0 amide bonds. The summed E-state index contributed by atoms with van der Waals surface area (Å²) in [6.07, 6.45) is 8.50. The molecule has 0 radical (unpaired) electrons. The molecule has 0 fully saturated rings. The van der Waals surface area contributed by atoms with Gasteiger partial charge >= 0.3 is 0 Å². The fourth-order valence-electron chi connectivity index (χ4n) is 2.15. The van der Waals surface area contributed by atoms with Crippen molar-refractivity contribution < 1.29 is 4.74 Å². The molecule has 0 saturated heterocycles. The monoisotopic (exact) mass is 222 g/mol. The summed E-state index contributed by atoms with van der Waals surface area (Å²) in [7, 11) is 0. The van der Waals surface area contributed by atoms with E-state index in [9.17, 15) is 0 Å². The smallest absolute Gasteiger partial charge is 0.102 e. The molecule has 0 saturated carbocycles. The minimum atomic E-state index is 0.380. The Morgan fingerprint density at radius 2 is 2.25 bits per heavy atom. The molecule has 92 valence electrons. The van der Waals surface area contributed by atoms with E-state index >= 15 is 0 Å². The predicted octanol–water partition coefficient (Wildman–Crippen LogP) is 4.70. The van der Waals surface area contributed by atoms with Gasteiger partial charge in [0.15, 0.2) is 0 Å². The Morgan fingerprint density at radius 1 is 1.56 bits per heavy atom. The lowest BCUT2D eigenvalue weighted by atomic mass is 9.97. The van der Waals surface area contributed by atoms with Crippen LogP contribution in [0.3, 0.4) is 0 Å². The number of hydrogen-bond donors (Lipinski definition) is 0. The van der Waals surface area contributed by atoms with Crippen molar-refractivity contribution in [2.24, 2.45) is 11.8 Å². The molecule has 1 nitrogen and oxygen atoms in total. The van der Waals surface area contributed by atoms with Crippen LogP contribution < -0.4 is 0 Å². The molecule has 1 rings (SSSR count). The Bertz CT molecular complexity index is 275. The molecular formula is C15H26O. The van der Waals surface area contributed by atoms with E-state index in [0.717, 1.165) is 0 Å². The fourth-order valence-corrected chi connectivity index (χ4v) is 2.15. The highest BCUT2D eigenvalue weighted by Crippen LogP contribution is 2.32. The highest BCUT2D eigenvalue weighted by atomic mass is 16.5. The lowest BCUT2D eigenvalue weighted by Gasteiger charge is -2.16. The second kappa shape index (κ2) is 6.12. The molecule has 0 aromatic carbocycles. The van der Waals surface area contributed by atoms with Crippen molar-refractivity contribution in [1.29, 1.82) is 0 Å². The van der Waals surface area contributed by atoms with Gasteiger partial charge in [0, 0.05) is 11.8 Å². The van der Waals surface area contributed by atoms with Crippen molar-refractivity contribution in [3.63, 3.8) is 0 Å². The zero-order valence-corrected chi connectivity index (χ0v) is 11.4. The highest BCUT2D eigenvalue weighted by molar-refractivity contribution is 5.09. The SMILES string of the molecule is C/C=C(/C)CCC(C)C1=C[C@@H](CC)C(C)O1. The molecule has 0 N–H and O–H groups in total. The summed E-state index contributed by atoms with van der Waals surface area (Å²) in [5.74, 6) is 2.41. The number of rotatable bonds is 5. The first-order chi connectivity index (χ1) is 7.58. The second-order valence-corrected chi connectivity index (χ2v) is 5.04. The molecule has 3 atom stereocenters. The summed E-state index contributed by atoms with van der Waals surface area (Å²) in [5, 5.41) is 0. The summed E-state index contributed by atoms with van der Waals surface area (Å²) in [6.45, 7) is 11.0. The molecular weight excluding hydrogens is 196 g/mol. The average Bonchev–Trinajstić information content (AvgIpc) is 2.66. The standard InChI is InChI=1S/C15H26O/c1-6-11(3)8-9-12(4)15-10-14(7-2)13(5)16-15/h6,10,12-14H,7-9H2,1-5H3/b11-6-/t12?,13?,14-/m1/s1. The van der Waals surface area contributed by atoms with Gasteiger partial charge in [-0.15, -0.1) is 0 Å². The highest BCUT2D eigenvalue weighted by Gasteiger charge is 2.26. The van der Waals surface area contributed by atoms with Crippen LogP contribution in [-0.4, -0.2) is 6.10 Å². The second-order valence-electron chi connectivity index (χ2n) is 5.04. The Balaban J connectivity index is 2.46. The van der Waals surface area contributed by atoms with Gasteiger partial charge in [0.05, 0.1) is 5.76 Å². The van der Waals surface area contributed by atoms with E-state index < -0.39 is 0 Å². The third-order valence-electron chi connectivity index (χ3n) is 3.72. The zero-order valence-electron chi connectivity index (χ0n) is 11.4. The minimum Gasteiger partial charge on any atom is -0.494 e. The van der Waals surface area contributed by atoms with Crippen LogP contribution in [0, 0.1) is 11.8 Å². The molecule has 1 heterocycles. The Labute approximate surface area is 101 Å². The molecule has 16 heavy (non-hydrogen) atoms. The van der Waals surface area contributed by atoms with Crippen LogP contribution in [0.2, 0.25) is 0 Å². The Hall–Kier alpha value is -0.720. The molecule has 0 aliphatic carbocycles. The van der Waals surface area contributed by atoms with E-state index in [2.05, 4.69) is 46.8 Å². The summed E-state index contributed by atoms with van der Waals surface area (Å²) in [6, 6.07) is 0. The summed E-state index contributed by atoms with van der Waals surface area (Å²) in [5.41, 5.74) is 1.48. The molecule has 2 unspecified atom stereocenters. The topological polar surface area (TPSA) is 9.23 Å². The zero-order chi connectivity index (χ0) is 12.1. The lowest BCUT2D eigenvalue weighted by Crippen LogP contribution is -2.11. The van der Waals surface area contributed by atoms with Crippen LogP contribution in [0.15, 0.2) is 23.5 Å². The first-order valence-electron chi connectivity index (χ1n) is 6.58. The fraction of sp³-hybridized carbons (Fsp3) is 0.733. The van der Waals surface area contributed by atoms with Gasteiger partial charge in [-0.2, -0.15) is 0 Å². The van der Waals surface area contributed by atoms with E-state index in [1.165, 1.54) is 30.6 Å². The van der Waals surface area contributed by atoms with Crippen LogP contribution in [-0.2, 0) is 4.74 Å². The van der Waals surface area contributed by atoms with Gasteiger partial charge in [0.25, 0.3) is 0 Å². The molecule has 1 heteroatoms. The van der Waals surface area contributed by atoms with E-state index in [4.69, 9.17) is 4.74 Å². The number of allylic oxidation sites excluding steroid dienone is 3. The summed E-state index contributed by atoms with van der Waals surface area (Å²) in [4.78, 5) is 0. The van der Waals surface area contributed by atoms with Gasteiger partial charge in [0.2, 0.25) is 0 Å². The molecule has 0 aromatic heterocycles. The number of hydrogen-bond acceptors (Lipinski definition) is 1. The summed E-state index contributed by atoms with van der Waals surface area (Å²) >= 11 is 0. The van der Waals surface area contributed by atoms with Crippen LogP contribution in [0.25, 0.3) is 0 Å². The van der Waals surface area contributed by atoms with Gasteiger partial charge in [-0.3, -0.25) is 0 Å². The molecule has 0 spiro atoms. The van der Waals surface area contributed by atoms with Crippen molar-refractivity contribution in [2.45, 2.75) is 60.0 Å². The van der Waals surface area contributed by atoms with Crippen LogP contribution in [0.4, 0.5) is 0 Å². The van der Waals surface area contributed by atoms with Gasteiger partial charge in [-0.05, 0) is 46.1 Å². The van der Waals surface area contributed by atoms with Crippen molar-refractivity contribution in [2.75, 3.05) is 0 Å². The first kappa shape index (κ1) is 13.3. The van der Waals surface area contributed by atoms with Crippen LogP contribution in [0.5, 0.6) is 0 Å². The maximum atomic E-state index is 5.93. The van der Waals surface area contributed by atoms with Crippen molar-refractivity contribution in [1.82, 2.24) is 0 Å². The Kier molecular flexibility index (Phi) is 5.11. The molecule has 0 aromatic rings. The maximum absolute atomic E-state index is 5.93. The summed E-state index contributed by atoms with van der Waals surface area (Å²) < 4.78 is 5.93. The van der Waals surface area contributed by atoms with Crippen molar-refractivity contribution in [3.05, 3.63) is 23.5 Å². The van der Waals surface area contributed by atoms with Crippen LogP contribution >= 0.6 is 0 Å². The number of ether oxygens (including phenoxy) is 1. The third-order valence-corrected chi connectivity index (χ3v) is 3.72. The average molecular weight is 222 g/mol. The van der Waals surface area contributed by atoms with E-state index in [1.54, 1.807) is 0 Å². The maximum Gasteiger partial charge on any atom is 0.102 e. The van der Waals surface area contributed by atoms with Crippen LogP contribution in [0.1, 0.15) is 53.9 Å². The largest absolute Gasteiger partial charge is 0.494 e. The quantitative estimate of drug-likeness (QED) is 0.613. The van der Waals surface area contributed by atoms with Gasteiger partial charge < -0.3 is 4.74 Å². The lowest BCUT2D eigenvalue weighted by molar-refractivity contribution is 0.108. The molecule has 1 aliphatic rings. The molecule has 1 aliphatic heterocycles. The van der Waals surface area contributed by atoms with E-state index in [0.29, 0.717) is 17.9 Å². The van der Waals surface area contributed by atoms with E-state index in [-0.39, 0.29) is 0 Å². The minimum absolute atomic E-state index is 0.380. The van der Waals surface area contributed by atoms with Crippen molar-refractivity contribution in [3.8, 4) is 0 Å². The first-order valence-corrected chi connectivity index (χ1v) is 6.58. The predicted molar refractivity (Wildman–Crippen MR) is 70.2 cm³/mol. The van der Waals surface area contributed by atoms with Gasteiger partial charge in [-0.1, -0.05) is 25.5 Å². The van der Waals surface area contributed by atoms with Gasteiger partial charge in [-0.25, -0.2) is 0 Å². The van der Waals surface area contributed by atoms with E-state index in [1.807, 2.05) is 0 Å². The normalized spacial score (nSPS) is 27.6. The van der Waals surface area contributed by atoms with Crippen molar-refractivity contribution >= 4 is 0 Å².